The number of pyridine rings is 1. The molecule has 0 amide bonds. The van der Waals surface area contributed by atoms with E-state index in [1.807, 2.05) is 60.4 Å². The molecule has 0 spiro atoms. The number of nitro groups is 1. The normalized spacial score (nSPS) is 17.7. The zero-order valence-corrected chi connectivity index (χ0v) is 18.5. The van der Waals surface area contributed by atoms with Crippen LogP contribution in [0.2, 0.25) is 0 Å². The van der Waals surface area contributed by atoms with Gasteiger partial charge in [0.05, 0.1) is 16.7 Å². The van der Waals surface area contributed by atoms with Crippen molar-refractivity contribution in [3.63, 3.8) is 0 Å². The fourth-order valence-electron chi connectivity index (χ4n) is 4.14. The third-order valence-corrected chi connectivity index (χ3v) is 5.95. The first-order valence-electron chi connectivity index (χ1n) is 10.4. The van der Waals surface area contributed by atoms with Gasteiger partial charge in [-0.3, -0.25) is 15.1 Å². The standard InChI is InChI=1S/C25H20N4O3S/c1-16-6-4-8-18(14-16)28-24(23(27-25(28)33)20-10-2-3-13-26-20)22-12-11-21(32-22)17-7-5-9-19(15-17)29(30)31/h2-15,23-24H,1H3,(H,27,33)/t23-,24-/m1/s1. The number of hydrogen-bond donors (Lipinski definition) is 1. The number of furan rings is 1. The predicted molar refractivity (Wildman–Crippen MR) is 130 cm³/mol. The Morgan fingerprint density at radius 2 is 1.91 bits per heavy atom. The molecule has 33 heavy (non-hydrogen) atoms. The van der Waals surface area contributed by atoms with E-state index in [2.05, 4.69) is 16.4 Å². The number of nitrogens with one attached hydrogen (secondary N) is 1. The van der Waals surface area contributed by atoms with Crippen molar-refractivity contribution in [1.29, 1.82) is 0 Å². The fraction of sp³-hybridized carbons (Fsp3) is 0.120. The lowest BCUT2D eigenvalue weighted by Crippen LogP contribution is -2.29. The van der Waals surface area contributed by atoms with E-state index in [-0.39, 0.29) is 17.8 Å². The Balaban J connectivity index is 1.59. The average Bonchev–Trinajstić information content (AvgIpc) is 3.44. The minimum absolute atomic E-state index is 0.0157. The van der Waals surface area contributed by atoms with Gasteiger partial charge < -0.3 is 14.6 Å². The molecule has 7 nitrogen and oxygen atoms in total. The second-order valence-electron chi connectivity index (χ2n) is 7.85. The molecule has 0 bridgehead atoms. The molecule has 2 aromatic carbocycles. The van der Waals surface area contributed by atoms with E-state index in [1.54, 1.807) is 18.3 Å². The van der Waals surface area contributed by atoms with Crippen LogP contribution in [0.5, 0.6) is 0 Å². The number of rotatable bonds is 5. The molecule has 1 aliphatic heterocycles. The molecule has 0 saturated carbocycles. The van der Waals surface area contributed by atoms with Crippen molar-refractivity contribution in [3.8, 4) is 11.3 Å². The van der Waals surface area contributed by atoms with Crippen LogP contribution >= 0.6 is 12.2 Å². The number of aryl methyl sites for hydroxylation is 1. The number of benzene rings is 2. The van der Waals surface area contributed by atoms with Gasteiger partial charge in [-0.2, -0.15) is 0 Å². The monoisotopic (exact) mass is 456 g/mol. The van der Waals surface area contributed by atoms with Crippen LogP contribution in [0.3, 0.4) is 0 Å². The second kappa shape index (κ2) is 8.48. The van der Waals surface area contributed by atoms with Crippen LogP contribution in [-0.2, 0) is 0 Å². The summed E-state index contributed by atoms with van der Waals surface area (Å²) < 4.78 is 6.28. The van der Waals surface area contributed by atoms with E-state index in [0.29, 0.717) is 22.2 Å². The van der Waals surface area contributed by atoms with Gasteiger partial charge in [-0.05, 0) is 61.1 Å². The number of anilines is 1. The first-order chi connectivity index (χ1) is 16.0. The van der Waals surface area contributed by atoms with Crippen molar-refractivity contribution >= 4 is 28.7 Å². The molecule has 1 fully saturated rings. The van der Waals surface area contributed by atoms with Crippen LogP contribution in [0.1, 0.15) is 29.1 Å². The highest BCUT2D eigenvalue weighted by Crippen LogP contribution is 2.43. The highest BCUT2D eigenvalue weighted by molar-refractivity contribution is 7.80. The molecule has 5 rings (SSSR count). The van der Waals surface area contributed by atoms with E-state index in [9.17, 15) is 10.1 Å². The number of non-ortho nitro benzene ring substituents is 1. The molecule has 164 valence electrons. The largest absolute Gasteiger partial charge is 0.459 e. The topological polar surface area (TPSA) is 84.4 Å². The number of aromatic nitrogens is 1. The molecule has 4 aromatic rings. The van der Waals surface area contributed by atoms with Gasteiger partial charge in [0.2, 0.25) is 0 Å². The summed E-state index contributed by atoms with van der Waals surface area (Å²) in [5.74, 6) is 1.23. The summed E-state index contributed by atoms with van der Waals surface area (Å²) in [7, 11) is 0. The molecule has 3 heterocycles. The van der Waals surface area contributed by atoms with Gasteiger partial charge >= 0.3 is 0 Å². The number of nitro benzene ring substituents is 1. The van der Waals surface area contributed by atoms with Gasteiger partial charge in [0.1, 0.15) is 17.6 Å². The summed E-state index contributed by atoms with van der Waals surface area (Å²) in [6.45, 7) is 2.04. The minimum Gasteiger partial charge on any atom is -0.459 e. The van der Waals surface area contributed by atoms with Crippen LogP contribution in [0.25, 0.3) is 11.3 Å². The maximum absolute atomic E-state index is 11.2. The third kappa shape index (κ3) is 3.96. The summed E-state index contributed by atoms with van der Waals surface area (Å²) >= 11 is 5.74. The quantitative estimate of drug-likeness (QED) is 0.233. The average molecular weight is 457 g/mol. The van der Waals surface area contributed by atoms with E-state index < -0.39 is 4.92 Å². The Labute approximate surface area is 195 Å². The Bertz CT molecular complexity index is 1340. The van der Waals surface area contributed by atoms with Crippen molar-refractivity contribution in [2.45, 2.75) is 19.0 Å². The van der Waals surface area contributed by atoms with Crippen molar-refractivity contribution in [2.24, 2.45) is 0 Å². The fourth-order valence-corrected chi connectivity index (χ4v) is 4.49. The van der Waals surface area contributed by atoms with Crippen LogP contribution in [0.15, 0.2) is 89.5 Å². The number of hydrogen-bond acceptors (Lipinski definition) is 5. The Hall–Kier alpha value is -4.04. The lowest BCUT2D eigenvalue weighted by atomic mass is 10.0. The summed E-state index contributed by atoms with van der Waals surface area (Å²) in [5.41, 5.74) is 3.56. The maximum atomic E-state index is 11.2. The molecule has 2 atom stereocenters. The van der Waals surface area contributed by atoms with Crippen molar-refractivity contribution in [1.82, 2.24) is 10.3 Å². The molecule has 1 N–H and O–H groups in total. The summed E-state index contributed by atoms with van der Waals surface area (Å²) in [6, 6.07) is 23.5. The Morgan fingerprint density at radius 3 is 2.67 bits per heavy atom. The number of nitrogens with zero attached hydrogens (tertiary/aromatic N) is 3. The lowest BCUT2D eigenvalue weighted by Gasteiger charge is -2.26. The first kappa shape index (κ1) is 20.8. The summed E-state index contributed by atoms with van der Waals surface area (Å²) in [5, 5.41) is 15.2. The molecule has 1 aliphatic rings. The van der Waals surface area contributed by atoms with Crippen LogP contribution in [-0.4, -0.2) is 15.0 Å². The zero-order chi connectivity index (χ0) is 22.9. The number of thiocarbonyl (C=S) groups is 1. The zero-order valence-electron chi connectivity index (χ0n) is 17.7. The van der Waals surface area contributed by atoms with Gasteiger partial charge in [0, 0.05) is 29.6 Å². The molecular weight excluding hydrogens is 436 g/mol. The van der Waals surface area contributed by atoms with Gasteiger partial charge in [-0.25, -0.2) is 0 Å². The second-order valence-corrected chi connectivity index (χ2v) is 8.23. The molecule has 0 radical (unpaired) electrons. The predicted octanol–water partition coefficient (Wildman–Crippen LogP) is 5.74. The molecule has 8 heteroatoms. The van der Waals surface area contributed by atoms with E-state index in [1.165, 1.54) is 12.1 Å². The van der Waals surface area contributed by atoms with Crippen molar-refractivity contribution < 1.29 is 9.34 Å². The Kier molecular flexibility index (Phi) is 5.35. The van der Waals surface area contributed by atoms with E-state index in [0.717, 1.165) is 16.9 Å². The van der Waals surface area contributed by atoms with Gasteiger partial charge in [0.25, 0.3) is 5.69 Å². The smallest absolute Gasteiger partial charge is 0.270 e. The molecular formula is C25H20N4O3S. The van der Waals surface area contributed by atoms with Gasteiger partial charge in [0.15, 0.2) is 5.11 Å². The van der Waals surface area contributed by atoms with E-state index >= 15 is 0 Å². The lowest BCUT2D eigenvalue weighted by molar-refractivity contribution is -0.384. The van der Waals surface area contributed by atoms with Crippen LogP contribution < -0.4 is 10.2 Å². The first-order valence-corrected chi connectivity index (χ1v) is 10.8. The van der Waals surface area contributed by atoms with Crippen molar-refractivity contribution in [3.05, 3.63) is 112 Å². The molecule has 0 aliphatic carbocycles. The van der Waals surface area contributed by atoms with Crippen LogP contribution in [0.4, 0.5) is 11.4 Å². The molecule has 1 saturated heterocycles. The van der Waals surface area contributed by atoms with Gasteiger partial charge in [-0.1, -0.05) is 30.3 Å². The van der Waals surface area contributed by atoms with Crippen LogP contribution in [0, 0.1) is 17.0 Å². The molecule has 2 aromatic heterocycles. The summed E-state index contributed by atoms with van der Waals surface area (Å²) in [6.07, 6.45) is 1.75. The SMILES string of the molecule is Cc1cccc(N2C(=S)N[C@H](c3ccccn3)[C@H]2c2ccc(-c3cccc([N+](=O)[O-])c3)o2)c1. The minimum atomic E-state index is -0.413. The summed E-state index contributed by atoms with van der Waals surface area (Å²) in [4.78, 5) is 17.4. The maximum Gasteiger partial charge on any atom is 0.270 e. The highest BCUT2D eigenvalue weighted by atomic mass is 32.1. The van der Waals surface area contributed by atoms with Gasteiger partial charge in [-0.15, -0.1) is 0 Å². The highest BCUT2D eigenvalue weighted by Gasteiger charge is 2.42. The van der Waals surface area contributed by atoms with Crippen molar-refractivity contribution in [2.75, 3.05) is 4.90 Å². The van der Waals surface area contributed by atoms with E-state index in [4.69, 9.17) is 16.6 Å². The Morgan fingerprint density at radius 1 is 1.06 bits per heavy atom. The molecule has 0 unspecified atom stereocenters. The third-order valence-electron chi connectivity index (χ3n) is 5.64.